The Balaban J connectivity index is 1.49. The first-order chi connectivity index (χ1) is 11.6. The predicted octanol–water partition coefficient (Wildman–Crippen LogP) is 2.17. The first-order valence-corrected chi connectivity index (χ1v) is 9.23. The van der Waals surface area contributed by atoms with Crippen molar-refractivity contribution in [2.45, 2.75) is 36.6 Å². The topological polar surface area (TPSA) is 63.9 Å². The van der Waals surface area contributed by atoms with Gasteiger partial charge in [-0.1, -0.05) is 42.1 Å². The van der Waals surface area contributed by atoms with Crippen molar-refractivity contribution < 1.29 is 4.79 Å². The Hall–Kier alpha value is -1.89. The van der Waals surface area contributed by atoms with Gasteiger partial charge in [0.15, 0.2) is 0 Å². The van der Waals surface area contributed by atoms with Crippen LogP contribution in [-0.2, 0) is 18.3 Å². The summed E-state index contributed by atoms with van der Waals surface area (Å²) in [5.41, 5.74) is 1.39. The lowest BCUT2D eigenvalue weighted by atomic mass is 9.90. The van der Waals surface area contributed by atoms with Gasteiger partial charge in [0.25, 0.3) is 0 Å². The van der Waals surface area contributed by atoms with Crippen LogP contribution in [0.3, 0.4) is 0 Å². The summed E-state index contributed by atoms with van der Waals surface area (Å²) in [5, 5.41) is 11.9. The second-order valence-corrected chi connectivity index (χ2v) is 7.61. The van der Waals surface area contributed by atoms with E-state index in [1.54, 1.807) is 11.7 Å². The quantitative estimate of drug-likeness (QED) is 0.777. The van der Waals surface area contributed by atoms with Crippen LogP contribution in [0.4, 0.5) is 0 Å². The molecule has 128 valence electrons. The van der Waals surface area contributed by atoms with Crippen LogP contribution < -0.4 is 0 Å². The van der Waals surface area contributed by atoms with Crippen LogP contribution in [0, 0.1) is 5.92 Å². The van der Waals surface area contributed by atoms with Crippen molar-refractivity contribution in [3.63, 3.8) is 0 Å². The van der Waals surface area contributed by atoms with Gasteiger partial charge in [0.05, 0.1) is 5.25 Å². The lowest BCUT2D eigenvalue weighted by molar-refractivity contribution is -0.131. The summed E-state index contributed by atoms with van der Waals surface area (Å²) < 4.78 is 1.60. The molecule has 0 N–H and O–H groups in total. The lowest BCUT2D eigenvalue weighted by Gasteiger charge is -2.33. The van der Waals surface area contributed by atoms with Gasteiger partial charge in [0.2, 0.25) is 11.1 Å². The molecule has 7 heteroatoms. The summed E-state index contributed by atoms with van der Waals surface area (Å²) in [6.07, 6.45) is 3.25. The molecule has 6 nitrogen and oxygen atoms in total. The maximum atomic E-state index is 12.6. The first kappa shape index (κ1) is 17.0. The van der Waals surface area contributed by atoms with E-state index >= 15 is 0 Å². The smallest absolute Gasteiger partial charge is 0.235 e. The average Bonchev–Trinajstić information content (AvgIpc) is 3.00. The molecule has 1 aliphatic heterocycles. The average molecular weight is 345 g/mol. The molecule has 2 aromatic rings. The molecule has 0 radical (unpaired) electrons. The fourth-order valence-electron chi connectivity index (χ4n) is 3.09. The van der Waals surface area contributed by atoms with E-state index in [-0.39, 0.29) is 11.2 Å². The zero-order valence-corrected chi connectivity index (χ0v) is 14.9. The number of likely N-dealkylation sites (tertiary alicyclic amines) is 1. The van der Waals surface area contributed by atoms with E-state index in [4.69, 9.17) is 0 Å². The fourth-order valence-corrected chi connectivity index (χ4v) is 3.93. The highest BCUT2D eigenvalue weighted by Crippen LogP contribution is 2.25. The monoisotopic (exact) mass is 345 g/mol. The number of carbonyl (C=O) groups excluding carboxylic acids is 1. The normalized spacial score (nSPS) is 17.0. The zero-order valence-electron chi connectivity index (χ0n) is 14.1. The largest absolute Gasteiger partial charge is 0.342 e. The summed E-state index contributed by atoms with van der Waals surface area (Å²) in [6.45, 7) is 3.62. The minimum Gasteiger partial charge on any atom is -0.342 e. The molecule has 1 saturated heterocycles. The Kier molecular flexibility index (Phi) is 5.50. The molecule has 1 unspecified atom stereocenters. The van der Waals surface area contributed by atoms with E-state index in [0.717, 1.165) is 32.4 Å². The molecule has 24 heavy (non-hydrogen) atoms. The summed E-state index contributed by atoms with van der Waals surface area (Å²) in [4.78, 5) is 14.6. The highest BCUT2D eigenvalue weighted by Gasteiger charge is 2.27. The van der Waals surface area contributed by atoms with Gasteiger partial charge in [-0.15, -0.1) is 5.10 Å². The number of aryl methyl sites for hydroxylation is 1. The number of carbonyl (C=O) groups is 1. The van der Waals surface area contributed by atoms with E-state index in [2.05, 4.69) is 45.9 Å². The predicted molar refractivity (Wildman–Crippen MR) is 93.6 cm³/mol. The second-order valence-electron chi connectivity index (χ2n) is 6.30. The Morgan fingerprint density at radius 3 is 2.62 bits per heavy atom. The van der Waals surface area contributed by atoms with Crippen LogP contribution in [0.15, 0.2) is 35.5 Å². The van der Waals surface area contributed by atoms with Gasteiger partial charge in [0.1, 0.15) is 0 Å². The maximum Gasteiger partial charge on any atom is 0.235 e. The van der Waals surface area contributed by atoms with Crippen LogP contribution >= 0.6 is 11.8 Å². The minimum atomic E-state index is -0.166. The van der Waals surface area contributed by atoms with Crippen molar-refractivity contribution in [3.8, 4) is 0 Å². The van der Waals surface area contributed by atoms with Crippen LogP contribution in [0.25, 0.3) is 0 Å². The van der Waals surface area contributed by atoms with Crippen molar-refractivity contribution in [2.24, 2.45) is 13.0 Å². The van der Waals surface area contributed by atoms with E-state index in [9.17, 15) is 4.79 Å². The third-order valence-electron chi connectivity index (χ3n) is 4.50. The number of nitrogens with zero attached hydrogens (tertiary/aromatic N) is 5. The summed E-state index contributed by atoms with van der Waals surface area (Å²) >= 11 is 1.42. The molecule has 2 heterocycles. The van der Waals surface area contributed by atoms with Crippen molar-refractivity contribution in [3.05, 3.63) is 35.9 Å². The number of thioether (sulfide) groups is 1. The second kappa shape index (κ2) is 7.79. The molecule has 1 aromatic heterocycles. The highest BCUT2D eigenvalue weighted by molar-refractivity contribution is 8.00. The number of piperidine rings is 1. The molecular formula is C17H23N5OS. The number of aromatic nitrogens is 4. The summed E-state index contributed by atoms with van der Waals surface area (Å²) in [6, 6.07) is 10.6. The summed E-state index contributed by atoms with van der Waals surface area (Å²) in [7, 11) is 1.79. The van der Waals surface area contributed by atoms with Crippen LogP contribution in [0.2, 0.25) is 0 Å². The number of rotatable bonds is 5. The third kappa shape index (κ3) is 4.14. The Morgan fingerprint density at radius 2 is 2.00 bits per heavy atom. The number of tetrazole rings is 1. The number of hydrogen-bond donors (Lipinski definition) is 0. The Bertz CT molecular complexity index is 667. The van der Waals surface area contributed by atoms with Crippen LogP contribution in [-0.4, -0.2) is 49.4 Å². The molecule has 1 atom stereocenters. The number of hydrogen-bond acceptors (Lipinski definition) is 5. The SMILES string of the molecule is CC(Sc1nnnn1C)C(=O)N1CCC(Cc2ccccc2)CC1. The number of benzene rings is 1. The van der Waals surface area contributed by atoms with E-state index < -0.39 is 0 Å². The van der Waals surface area contributed by atoms with Gasteiger partial charge >= 0.3 is 0 Å². The van der Waals surface area contributed by atoms with Gasteiger partial charge < -0.3 is 4.90 Å². The molecule has 0 aliphatic carbocycles. The standard InChI is InChI=1S/C17H23N5OS/c1-13(24-17-18-19-20-21(17)2)16(23)22-10-8-15(9-11-22)12-14-6-4-3-5-7-14/h3-7,13,15H,8-12H2,1-2H3. The van der Waals surface area contributed by atoms with Crippen molar-refractivity contribution in [2.75, 3.05) is 13.1 Å². The zero-order chi connectivity index (χ0) is 16.9. The van der Waals surface area contributed by atoms with E-state index in [1.807, 2.05) is 11.8 Å². The minimum absolute atomic E-state index is 0.166. The molecule has 1 aromatic carbocycles. The van der Waals surface area contributed by atoms with Crippen LogP contribution in [0.1, 0.15) is 25.3 Å². The molecule has 1 aliphatic rings. The van der Waals surface area contributed by atoms with Gasteiger partial charge in [-0.2, -0.15) is 0 Å². The molecule has 0 bridgehead atoms. The molecule has 0 saturated carbocycles. The number of amides is 1. The molecule has 3 rings (SSSR count). The highest BCUT2D eigenvalue weighted by atomic mass is 32.2. The van der Waals surface area contributed by atoms with Crippen molar-refractivity contribution in [1.29, 1.82) is 0 Å². The maximum absolute atomic E-state index is 12.6. The van der Waals surface area contributed by atoms with E-state index in [1.165, 1.54) is 17.3 Å². The van der Waals surface area contributed by atoms with Gasteiger partial charge in [0, 0.05) is 20.1 Å². The lowest BCUT2D eigenvalue weighted by Crippen LogP contribution is -2.42. The van der Waals surface area contributed by atoms with Gasteiger partial charge in [-0.25, -0.2) is 4.68 Å². The van der Waals surface area contributed by atoms with E-state index in [0.29, 0.717) is 11.1 Å². The summed E-state index contributed by atoms with van der Waals surface area (Å²) in [5.74, 6) is 0.850. The fraction of sp³-hybridized carbons (Fsp3) is 0.529. The van der Waals surface area contributed by atoms with Crippen molar-refractivity contribution in [1.82, 2.24) is 25.1 Å². The first-order valence-electron chi connectivity index (χ1n) is 8.35. The van der Waals surface area contributed by atoms with Crippen molar-refractivity contribution >= 4 is 17.7 Å². The Morgan fingerprint density at radius 1 is 1.29 bits per heavy atom. The molecular weight excluding hydrogens is 322 g/mol. The third-order valence-corrected chi connectivity index (χ3v) is 5.62. The molecule has 0 spiro atoms. The van der Waals surface area contributed by atoms with Gasteiger partial charge in [-0.3, -0.25) is 4.79 Å². The molecule has 1 amide bonds. The van der Waals surface area contributed by atoms with Gasteiger partial charge in [-0.05, 0) is 48.1 Å². The van der Waals surface area contributed by atoms with Crippen LogP contribution in [0.5, 0.6) is 0 Å². The molecule has 1 fully saturated rings. The Labute approximate surface area is 146 Å².